The van der Waals surface area contributed by atoms with E-state index in [1.54, 1.807) is 37.5 Å². The molecule has 114 valence electrons. The zero-order valence-corrected chi connectivity index (χ0v) is 12.1. The molecular weight excluding hydrogens is 270 g/mol. The minimum absolute atomic E-state index is 0.158. The molecule has 0 aliphatic rings. The van der Waals surface area contributed by atoms with Crippen molar-refractivity contribution < 1.29 is 14.3 Å². The van der Waals surface area contributed by atoms with Gasteiger partial charge < -0.3 is 20.7 Å². The number of carbonyl (C=O) groups is 2. The van der Waals surface area contributed by atoms with Crippen molar-refractivity contribution in [2.24, 2.45) is 0 Å². The van der Waals surface area contributed by atoms with Gasteiger partial charge >= 0.3 is 0 Å². The molecule has 1 aromatic carbocycles. The molecule has 0 bridgehead atoms. The van der Waals surface area contributed by atoms with Crippen LogP contribution in [0.4, 0.5) is 5.69 Å². The summed E-state index contributed by atoms with van der Waals surface area (Å²) in [5.41, 5.74) is 0.906. The van der Waals surface area contributed by atoms with E-state index in [9.17, 15) is 9.59 Å². The first kappa shape index (κ1) is 16.9. The van der Waals surface area contributed by atoms with E-state index in [0.29, 0.717) is 30.9 Å². The van der Waals surface area contributed by atoms with Crippen LogP contribution in [0.2, 0.25) is 0 Å². The van der Waals surface area contributed by atoms with Gasteiger partial charge in [-0.25, -0.2) is 0 Å². The Morgan fingerprint density at radius 3 is 2.81 bits per heavy atom. The Labute approximate surface area is 124 Å². The Bertz CT molecular complexity index is 489. The molecule has 0 saturated carbocycles. The summed E-state index contributed by atoms with van der Waals surface area (Å²) in [7, 11) is 1.57. The van der Waals surface area contributed by atoms with Crippen LogP contribution >= 0.6 is 0 Å². The lowest BCUT2D eigenvalue weighted by atomic mass is 10.1. The first-order chi connectivity index (χ1) is 10.2. The van der Waals surface area contributed by atoms with Crippen molar-refractivity contribution in [3.8, 4) is 0 Å². The number of amides is 2. The maximum absolute atomic E-state index is 12.0. The molecule has 0 aliphatic carbocycles. The minimum atomic E-state index is -0.248. The summed E-state index contributed by atoms with van der Waals surface area (Å²) in [6.07, 6.45) is 1.67. The third-order valence-electron chi connectivity index (χ3n) is 2.61. The molecule has 0 atom stereocenters. The maximum Gasteiger partial charge on any atom is 0.253 e. The normalized spacial score (nSPS) is 9.95. The minimum Gasteiger partial charge on any atom is -0.383 e. The summed E-state index contributed by atoms with van der Waals surface area (Å²) in [6.45, 7) is 5.12. The Balaban J connectivity index is 2.63. The number of nitrogens with one attached hydrogen (secondary N) is 3. The summed E-state index contributed by atoms with van der Waals surface area (Å²) >= 11 is 0. The van der Waals surface area contributed by atoms with E-state index < -0.39 is 0 Å². The number of rotatable bonds is 9. The van der Waals surface area contributed by atoms with Crippen molar-refractivity contribution in [2.45, 2.75) is 0 Å². The van der Waals surface area contributed by atoms with Crippen LogP contribution < -0.4 is 16.0 Å². The fourth-order valence-corrected chi connectivity index (χ4v) is 1.63. The first-order valence-electron chi connectivity index (χ1n) is 6.66. The third-order valence-corrected chi connectivity index (χ3v) is 2.61. The molecular formula is C15H21N3O3. The zero-order valence-electron chi connectivity index (χ0n) is 12.1. The quantitative estimate of drug-likeness (QED) is 0.464. The highest BCUT2D eigenvalue weighted by Gasteiger charge is 2.12. The van der Waals surface area contributed by atoms with Crippen LogP contribution in [0.1, 0.15) is 10.4 Å². The summed E-state index contributed by atoms with van der Waals surface area (Å²) in [4.78, 5) is 23.8. The average molecular weight is 291 g/mol. The number of ether oxygens (including phenoxy) is 1. The van der Waals surface area contributed by atoms with Gasteiger partial charge in [0.05, 0.1) is 24.4 Å². The Hall–Kier alpha value is -2.18. The Morgan fingerprint density at radius 1 is 1.33 bits per heavy atom. The second-order valence-corrected chi connectivity index (χ2v) is 4.26. The highest BCUT2D eigenvalue weighted by Crippen LogP contribution is 2.14. The smallest absolute Gasteiger partial charge is 0.253 e. The second-order valence-electron chi connectivity index (χ2n) is 4.26. The van der Waals surface area contributed by atoms with Gasteiger partial charge in [0.2, 0.25) is 5.91 Å². The molecule has 0 saturated heterocycles. The van der Waals surface area contributed by atoms with Gasteiger partial charge in [-0.2, -0.15) is 0 Å². The van der Waals surface area contributed by atoms with E-state index in [0.717, 1.165) is 0 Å². The molecule has 0 fully saturated rings. The number of carbonyl (C=O) groups excluding carboxylic acids is 2. The Morgan fingerprint density at radius 2 is 2.10 bits per heavy atom. The first-order valence-corrected chi connectivity index (χ1v) is 6.66. The summed E-state index contributed by atoms with van der Waals surface area (Å²) in [5.74, 6) is -0.462. The molecule has 0 radical (unpaired) electrons. The third kappa shape index (κ3) is 6.20. The molecule has 0 aliphatic heterocycles. The fraction of sp³-hybridized carbons (Fsp3) is 0.333. The lowest BCUT2D eigenvalue weighted by Crippen LogP contribution is -2.30. The predicted molar refractivity (Wildman–Crippen MR) is 82.3 cm³/mol. The molecule has 1 rings (SSSR count). The standard InChI is InChI=1S/C15H21N3O3/c1-3-8-16-11-14(19)18-13-7-5-4-6-12(13)15(20)17-9-10-21-2/h3-7,16H,1,8-11H2,2H3,(H,17,20)(H,18,19). The van der Waals surface area contributed by atoms with Crippen LogP contribution in [-0.2, 0) is 9.53 Å². The number of benzene rings is 1. The molecule has 0 aromatic heterocycles. The van der Waals surface area contributed by atoms with Gasteiger partial charge in [0.25, 0.3) is 5.91 Å². The molecule has 1 aromatic rings. The van der Waals surface area contributed by atoms with E-state index in [2.05, 4.69) is 22.5 Å². The molecule has 6 nitrogen and oxygen atoms in total. The van der Waals surface area contributed by atoms with Gasteiger partial charge in [-0.15, -0.1) is 6.58 Å². The number of hydrogen-bond acceptors (Lipinski definition) is 4. The highest BCUT2D eigenvalue weighted by atomic mass is 16.5. The second kappa shape index (κ2) is 9.68. The van der Waals surface area contributed by atoms with Gasteiger partial charge in [-0.05, 0) is 12.1 Å². The van der Waals surface area contributed by atoms with Crippen molar-refractivity contribution >= 4 is 17.5 Å². The van der Waals surface area contributed by atoms with E-state index in [1.165, 1.54) is 0 Å². The van der Waals surface area contributed by atoms with Crippen LogP contribution in [0.5, 0.6) is 0 Å². The Kier molecular flexibility index (Phi) is 7.78. The van der Waals surface area contributed by atoms with Crippen LogP contribution in [0, 0.1) is 0 Å². The topological polar surface area (TPSA) is 79.5 Å². The monoisotopic (exact) mass is 291 g/mol. The van der Waals surface area contributed by atoms with Gasteiger partial charge in [-0.1, -0.05) is 18.2 Å². The maximum atomic E-state index is 12.0. The van der Waals surface area contributed by atoms with Crippen molar-refractivity contribution in [3.05, 3.63) is 42.5 Å². The van der Waals surface area contributed by atoms with Crippen LogP contribution in [0.3, 0.4) is 0 Å². The van der Waals surface area contributed by atoms with Crippen LogP contribution in [0.15, 0.2) is 36.9 Å². The van der Waals surface area contributed by atoms with Gasteiger partial charge in [0, 0.05) is 20.2 Å². The molecule has 3 N–H and O–H groups in total. The molecule has 0 heterocycles. The van der Waals surface area contributed by atoms with Gasteiger partial charge in [0.15, 0.2) is 0 Å². The van der Waals surface area contributed by atoms with Crippen LogP contribution in [0.25, 0.3) is 0 Å². The summed E-state index contributed by atoms with van der Waals surface area (Å²) in [6, 6.07) is 6.86. The number of methoxy groups -OCH3 is 1. The fourth-order valence-electron chi connectivity index (χ4n) is 1.63. The summed E-state index contributed by atoms with van der Waals surface area (Å²) < 4.78 is 4.88. The van der Waals surface area contributed by atoms with Crippen molar-refractivity contribution in [3.63, 3.8) is 0 Å². The molecule has 6 heteroatoms. The van der Waals surface area contributed by atoms with Gasteiger partial charge in [-0.3, -0.25) is 9.59 Å². The zero-order chi connectivity index (χ0) is 15.5. The van der Waals surface area contributed by atoms with Crippen molar-refractivity contribution in [1.82, 2.24) is 10.6 Å². The SMILES string of the molecule is C=CCNCC(=O)Nc1ccccc1C(=O)NCCOC. The molecule has 0 unspecified atom stereocenters. The largest absolute Gasteiger partial charge is 0.383 e. The number of hydrogen-bond donors (Lipinski definition) is 3. The van der Waals surface area contributed by atoms with Gasteiger partial charge in [0.1, 0.15) is 0 Å². The molecule has 0 spiro atoms. The van der Waals surface area contributed by atoms with E-state index >= 15 is 0 Å². The lowest BCUT2D eigenvalue weighted by Gasteiger charge is -2.11. The van der Waals surface area contributed by atoms with Crippen molar-refractivity contribution in [1.29, 1.82) is 0 Å². The van der Waals surface area contributed by atoms with E-state index in [4.69, 9.17) is 4.74 Å². The number of anilines is 1. The highest BCUT2D eigenvalue weighted by molar-refractivity contribution is 6.04. The molecule has 21 heavy (non-hydrogen) atoms. The van der Waals surface area contributed by atoms with Crippen LogP contribution in [-0.4, -0.2) is 45.2 Å². The van der Waals surface area contributed by atoms with Crippen molar-refractivity contribution in [2.75, 3.05) is 38.7 Å². The van der Waals surface area contributed by atoms with E-state index in [-0.39, 0.29) is 18.4 Å². The molecule has 2 amide bonds. The number of para-hydroxylation sites is 1. The summed E-state index contributed by atoms with van der Waals surface area (Å²) in [5, 5.41) is 8.33. The lowest BCUT2D eigenvalue weighted by molar-refractivity contribution is -0.115. The predicted octanol–water partition coefficient (Wildman–Crippen LogP) is 0.777. The van der Waals surface area contributed by atoms with E-state index in [1.807, 2.05) is 0 Å². The average Bonchev–Trinajstić information content (AvgIpc) is 2.48.